The predicted octanol–water partition coefficient (Wildman–Crippen LogP) is 3.51. The van der Waals surface area contributed by atoms with E-state index < -0.39 is 29.6 Å². The number of methoxy groups -OCH3 is 1. The van der Waals surface area contributed by atoms with Crippen molar-refractivity contribution in [2.45, 2.75) is 0 Å². The lowest BCUT2D eigenvalue weighted by atomic mass is 10.1. The first-order chi connectivity index (χ1) is 13.3. The number of thioether (sulfide) groups is 1. The molecule has 1 aromatic heterocycles. The first-order valence-electron chi connectivity index (χ1n) is 7.75. The van der Waals surface area contributed by atoms with Crippen LogP contribution >= 0.6 is 23.4 Å². The molecule has 3 rings (SSSR count). The first-order valence-corrected chi connectivity index (χ1v) is 8.95. The number of furan rings is 1. The highest BCUT2D eigenvalue weighted by molar-refractivity contribution is 8.18. The molecule has 0 atom stereocenters. The lowest BCUT2D eigenvalue weighted by Gasteiger charge is -2.09. The summed E-state index contributed by atoms with van der Waals surface area (Å²) in [4.78, 5) is 47.6. The van der Waals surface area contributed by atoms with Gasteiger partial charge in [-0.15, -0.1) is 0 Å². The van der Waals surface area contributed by atoms with Gasteiger partial charge in [0.05, 0.1) is 22.6 Å². The van der Waals surface area contributed by atoms with Crippen molar-refractivity contribution in [3.05, 3.63) is 51.6 Å². The number of rotatable bonds is 5. The number of hydrogen-bond acceptors (Lipinski definition) is 7. The number of benzene rings is 1. The van der Waals surface area contributed by atoms with Crippen molar-refractivity contribution in [3.63, 3.8) is 0 Å². The van der Waals surface area contributed by atoms with E-state index in [4.69, 9.17) is 21.1 Å². The third kappa shape index (κ3) is 3.95. The van der Waals surface area contributed by atoms with Crippen LogP contribution in [0.5, 0.6) is 0 Å². The molecule has 0 bridgehead atoms. The molecule has 2 amide bonds. The Morgan fingerprint density at radius 2 is 2.04 bits per heavy atom. The van der Waals surface area contributed by atoms with E-state index in [1.807, 2.05) is 0 Å². The minimum atomic E-state index is -1.17. The van der Waals surface area contributed by atoms with Crippen molar-refractivity contribution >= 4 is 52.5 Å². The molecule has 0 saturated carbocycles. The second kappa shape index (κ2) is 7.91. The number of nitrogens with zero attached hydrogens (tertiary/aromatic N) is 1. The van der Waals surface area contributed by atoms with Crippen LogP contribution in [0, 0.1) is 0 Å². The molecule has 0 aliphatic carbocycles. The number of carboxylic acid groups (broad SMARTS) is 1. The Morgan fingerprint density at radius 1 is 1.29 bits per heavy atom. The molecule has 2 heterocycles. The summed E-state index contributed by atoms with van der Waals surface area (Å²) in [6.45, 7) is -0.468. The van der Waals surface area contributed by atoms with Gasteiger partial charge in [-0.2, -0.15) is 0 Å². The maximum absolute atomic E-state index is 12.3. The van der Waals surface area contributed by atoms with Gasteiger partial charge in [0, 0.05) is 11.6 Å². The van der Waals surface area contributed by atoms with Crippen LogP contribution in [0.1, 0.15) is 16.1 Å². The van der Waals surface area contributed by atoms with E-state index >= 15 is 0 Å². The van der Waals surface area contributed by atoms with Crippen LogP contribution in [-0.4, -0.2) is 46.7 Å². The molecule has 1 fully saturated rings. The predicted molar refractivity (Wildman–Crippen MR) is 101 cm³/mol. The quantitative estimate of drug-likeness (QED) is 0.576. The molecule has 0 radical (unpaired) electrons. The summed E-state index contributed by atoms with van der Waals surface area (Å²) in [6, 6.07) is 7.58. The topological polar surface area (TPSA) is 114 Å². The fourth-order valence-corrected chi connectivity index (χ4v) is 3.40. The van der Waals surface area contributed by atoms with Crippen LogP contribution in [0.15, 0.2) is 39.7 Å². The van der Waals surface area contributed by atoms with Gasteiger partial charge < -0.3 is 14.3 Å². The third-order valence-corrected chi connectivity index (χ3v) is 5.01. The second-order valence-corrected chi connectivity index (χ2v) is 6.95. The summed E-state index contributed by atoms with van der Waals surface area (Å²) in [7, 11) is 1.16. The Labute approximate surface area is 167 Å². The summed E-state index contributed by atoms with van der Waals surface area (Å²) in [5.74, 6) is -1.86. The van der Waals surface area contributed by atoms with E-state index in [-0.39, 0.29) is 21.3 Å². The molecule has 2 aromatic rings. The molecule has 1 aliphatic heterocycles. The highest BCUT2D eigenvalue weighted by Gasteiger charge is 2.36. The lowest BCUT2D eigenvalue weighted by Crippen LogP contribution is -2.34. The van der Waals surface area contributed by atoms with Crippen molar-refractivity contribution in [1.29, 1.82) is 0 Å². The number of esters is 1. The van der Waals surface area contributed by atoms with Gasteiger partial charge in [-0.05, 0) is 42.1 Å². The number of aromatic carboxylic acids is 1. The number of imide groups is 1. The number of carboxylic acids is 1. The molecule has 1 aliphatic rings. The SMILES string of the molecule is COC(=O)CN1C(=O)S/C(=C/c2ccc(-c3ccc(Cl)c(C(=O)O)c3)o2)C1=O. The van der Waals surface area contributed by atoms with Crippen LogP contribution in [-0.2, 0) is 14.3 Å². The van der Waals surface area contributed by atoms with Gasteiger partial charge >= 0.3 is 11.9 Å². The van der Waals surface area contributed by atoms with E-state index in [1.54, 1.807) is 18.2 Å². The lowest BCUT2D eigenvalue weighted by molar-refractivity contribution is -0.143. The smallest absolute Gasteiger partial charge is 0.337 e. The molecule has 8 nitrogen and oxygen atoms in total. The largest absolute Gasteiger partial charge is 0.478 e. The molecule has 10 heteroatoms. The molecule has 1 aromatic carbocycles. The number of carbonyl (C=O) groups excluding carboxylic acids is 3. The summed E-state index contributed by atoms with van der Waals surface area (Å²) in [5.41, 5.74) is 0.418. The van der Waals surface area contributed by atoms with E-state index in [0.29, 0.717) is 23.1 Å². The average molecular weight is 422 g/mol. The Morgan fingerprint density at radius 3 is 2.71 bits per heavy atom. The molecular weight excluding hydrogens is 410 g/mol. The molecule has 1 N–H and O–H groups in total. The Hall–Kier alpha value is -3.04. The van der Waals surface area contributed by atoms with Crippen LogP contribution in [0.25, 0.3) is 17.4 Å². The highest BCUT2D eigenvalue weighted by Crippen LogP contribution is 2.33. The van der Waals surface area contributed by atoms with Crippen LogP contribution in [0.4, 0.5) is 4.79 Å². The Bertz CT molecular complexity index is 1030. The normalized spacial score (nSPS) is 15.4. The zero-order valence-corrected chi connectivity index (χ0v) is 15.9. The summed E-state index contributed by atoms with van der Waals surface area (Å²) in [6.07, 6.45) is 1.37. The van der Waals surface area contributed by atoms with Gasteiger partial charge in [-0.25, -0.2) is 4.79 Å². The molecular formula is C18H12ClNO7S. The minimum Gasteiger partial charge on any atom is -0.478 e. The van der Waals surface area contributed by atoms with Gasteiger partial charge in [0.2, 0.25) is 0 Å². The number of amides is 2. The van der Waals surface area contributed by atoms with Crippen LogP contribution in [0.2, 0.25) is 5.02 Å². The summed E-state index contributed by atoms with van der Waals surface area (Å²) in [5, 5.41) is 8.67. The summed E-state index contributed by atoms with van der Waals surface area (Å²) < 4.78 is 10.1. The monoisotopic (exact) mass is 421 g/mol. The number of hydrogen-bond donors (Lipinski definition) is 1. The summed E-state index contributed by atoms with van der Waals surface area (Å²) >= 11 is 6.53. The number of carbonyl (C=O) groups is 4. The van der Waals surface area contributed by atoms with Gasteiger partial charge in [-0.3, -0.25) is 19.3 Å². The zero-order valence-electron chi connectivity index (χ0n) is 14.3. The van der Waals surface area contributed by atoms with Crippen LogP contribution < -0.4 is 0 Å². The molecule has 28 heavy (non-hydrogen) atoms. The van der Waals surface area contributed by atoms with Gasteiger partial charge in [0.1, 0.15) is 18.1 Å². The fraction of sp³-hybridized carbons (Fsp3) is 0.111. The highest BCUT2D eigenvalue weighted by atomic mass is 35.5. The first kappa shape index (κ1) is 19.7. The average Bonchev–Trinajstić information content (AvgIpc) is 3.22. The maximum atomic E-state index is 12.3. The fourth-order valence-electron chi connectivity index (χ4n) is 2.39. The Kier molecular flexibility index (Phi) is 5.57. The van der Waals surface area contributed by atoms with Gasteiger partial charge in [0.25, 0.3) is 11.1 Å². The number of halogens is 1. The van der Waals surface area contributed by atoms with Crippen LogP contribution in [0.3, 0.4) is 0 Å². The second-order valence-electron chi connectivity index (χ2n) is 5.55. The third-order valence-electron chi connectivity index (χ3n) is 3.77. The van der Waals surface area contributed by atoms with E-state index in [0.717, 1.165) is 12.0 Å². The van der Waals surface area contributed by atoms with Gasteiger partial charge in [0.15, 0.2) is 0 Å². The van der Waals surface area contributed by atoms with Crippen molar-refractivity contribution in [2.24, 2.45) is 0 Å². The van der Waals surface area contributed by atoms with Crippen molar-refractivity contribution in [2.75, 3.05) is 13.7 Å². The van der Waals surface area contributed by atoms with Crippen molar-refractivity contribution in [1.82, 2.24) is 4.90 Å². The maximum Gasteiger partial charge on any atom is 0.337 e. The van der Waals surface area contributed by atoms with Crippen molar-refractivity contribution in [3.8, 4) is 11.3 Å². The van der Waals surface area contributed by atoms with E-state index in [9.17, 15) is 19.2 Å². The Balaban J connectivity index is 1.84. The molecule has 144 valence electrons. The van der Waals surface area contributed by atoms with Gasteiger partial charge in [-0.1, -0.05) is 11.6 Å². The minimum absolute atomic E-state index is 0.0685. The zero-order chi connectivity index (χ0) is 20.4. The molecule has 0 spiro atoms. The van der Waals surface area contributed by atoms with E-state index in [2.05, 4.69) is 4.74 Å². The van der Waals surface area contributed by atoms with Crippen molar-refractivity contribution < 1.29 is 33.4 Å². The molecule has 1 saturated heterocycles. The molecule has 0 unspecified atom stereocenters. The van der Waals surface area contributed by atoms with E-state index in [1.165, 1.54) is 18.2 Å². The standard InChI is InChI=1S/C18H12ClNO7S/c1-26-15(21)8-20-16(22)14(28-18(20)25)7-10-3-5-13(27-10)9-2-4-12(19)11(6-9)17(23)24/h2-7H,8H2,1H3,(H,23,24)/b14-7+. The number of ether oxygens (including phenoxy) is 1.